The first-order chi connectivity index (χ1) is 6.74. The van der Waals surface area contributed by atoms with Crippen LogP contribution in [0.5, 0.6) is 0 Å². The van der Waals surface area contributed by atoms with Gasteiger partial charge in [0.15, 0.2) is 0 Å². The van der Waals surface area contributed by atoms with E-state index < -0.39 is 0 Å². The van der Waals surface area contributed by atoms with Crippen LogP contribution < -0.4 is 11.3 Å². The molecular formula is C10H19N3S. The molecule has 0 aliphatic carbocycles. The Morgan fingerprint density at radius 2 is 2.29 bits per heavy atom. The van der Waals surface area contributed by atoms with Gasteiger partial charge in [-0.25, -0.2) is 4.98 Å². The van der Waals surface area contributed by atoms with E-state index in [-0.39, 0.29) is 6.04 Å². The summed E-state index contributed by atoms with van der Waals surface area (Å²) in [6.07, 6.45) is 3.52. The Kier molecular flexibility index (Phi) is 5.07. The fraction of sp³-hybridized carbons (Fsp3) is 0.700. The molecule has 3 nitrogen and oxygen atoms in total. The van der Waals surface area contributed by atoms with Crippen molar-refractivity contribution in [3.63, 3.8) is 0 Å². The second kappa shape index (κ2) is 6.11. The zero-order chi connectivity index (χ0) is 10.4. The van der Waals surface area contributed by atoms with Crippen LogP contribution in [0.1, 0.15) is 44.8 Å². The molecule has 3 N–H and O–H groups in total. The monoisotopic (exact) mass is 213 g/mol. The molecule has 0 saturated carbocycles. The van der Waals surface area contributed by atoms with Crippen molar-refractivity contribution >= 4 is 11.3 Å². The third kappa shape index (κ3) is 3.74. The molecule has 0 aliphatic heterocycles. The van der Waals surface area contributed by atoms with Crippen LogP contribution in [0.25, 0.3) is 0 Å². The quantitative estimate of drug-likeness (QED) is 0.564. The molecule has 4 heteroatoms. The number of aromatic nitrogens is 1. The summed E-state index contributed by atoms with van der Waals surface area (Å²) in [5.41, 5.74) is 5.74. The van der Waals surface area contributed by atoms with Gasteiger partial charge in [0.25, 0.3) is 0 Å². The maximum absolute atomic E-state index is 5.50. The lowest BCUT2D eigenvalue weighted by atomic mass is 10.0. The van der Waals surface area contributed by atoms with E-state index in [0.717, 1.165) is 18.0 Å². The molecule has 1 aromatic heterocycles. The minimum Gasteiger partial charge on any atom is -0.271 e. The number of hydrazine groups is 1. The third-order valence-electron chi connectivity index (χ3n) is 2.28. The Labute approximate surface area is 89.7 Å². The van der Waals surface area contributed by atoms with Crippen molar-refractivity contribution in [3.8, 4) is 0 Å². The molecule has 0 saturated heterocycles. The van der Waals surface area contributed by atoms with Gasteiger partial charge in [0.1, 0.15) is 0 Å². The smallest absolute Gasteiger partial charge is 0.0795 e. The third-order valence-corrected chi connectivity index (χ3v) is 2.89. The zero-order valence-corrected chi connectivity index (χ0v) is 9.68. The molecule has 0 bridgehead atoms. The van der Waals surface area contributed by atoms with Gasteiger partial charge in [0.05, 0.1) is 17.2 Å². The fourth-order valence-corrected chi connectivity index (χ4v) is 2.05. The van der Waals surface area contributed by atoms with E-state index in [4.69, 9.17) is 5.84 Å². The lowest BCUT2D eigenvalue weighted by Gasteiger charge is -2.13. The molecule has 0 aromatic carbocycles. The maximum Gasteiger partial charge on any atom is 0.0795 e. The van der Waals surface area contributed by atoms with E-state index in [2.05, 4.69) is 29.6 Å². The van der Waals surface area contributed by atoms with E-state index >= 15 is 0 Å². The second-order valence-electron chi connectivity index (χ2n) is 3.96. The van der Waals surface area contributed by atoms with Gasteiger partial charge >= 0.3 is 0 Å². The van der Waals surface area contributed by atoms with Crippen LogP contribution in [0, 0.1) is 5.92 Å². The van der Waals surface area contributed by atoms with Crippen LogP contribution in [-0.2, 0) is 0 Å². The van der Waals surface area contributed by atoms with Crippen LogP contribution >= 0.6 is 11.3 Å². The van der Waals surface area contributed by atoms with Gasteiger partial charge in [-0.2, -0.15) is 0 Å². The van der Waals surface area contributed by atoms with Gasteiger partial charge < -0.3 is 0 Å². The minimum absolute atomic E-state index is 0.222. The highest BCUT2D eigenvalue weighted by atomic mass is 32.1. The summed E-state index contributed by atoms with van der Waals surface area (Å²) >= 11 is 1.62. The first-order valence-electron chi connectivity index (χ1n) is 5.08. The minimum atomic E-state index is 0.222. The van der Waals surface area contributed by atoms with Crippen LogP contribution in [0.15, 0.2) is 10.9 Å². The van der Waals surface area contributed by atoms with Crippen molar-refractivity contribution in [2.45, 2.75) is 39.2 Å². The second-order valence-corrected chi connectivity index (χ2v) is 4.68. The number of nitrogens with one attached hydrogen (secondary N) is 1. The number of nitrogens with two attached hydrogens (primary N) is 1. The standard InChI is InChI=1S/C10H19N3S/c1-8(2)4-3-5-9(13-11)10-6-14-7-12-10/h6-9,13H,3-5,11H2,1-2H3. The summed E-state index contributed by atoms with van der Waals surface area (Å²) in [5, 5.41) is 2.06. The molecule has 1 aromatic rings. The molecule has 1 rings (SSSR count). The highest BCUT2D eigenvalue weighted by Crippen LogP contribution is 2.19. The first-order valence-corrected chi connectivity index (χ1v) is 6.02. The Morgan fingerprint density at radius 3 is 2.79 bits per heavy atom. The van der Waals surface area contributed by atoms with Gasteiger partial charge in [-0.05, 0) is 12.3 Å². The van der Waals surface area contributed by atoms with Gasteiger partial charge in [0, 0.05) is 5.38 Å². The predicted molar refractivity (Wildman–Crippen MR) is 60.9 cm³/mol. The van der Waals surface area contributed by atoms with E-state index in [1.165, 1.54) is 12.8 Å². The van der Waals surface area contributed by atoms with Gasteiger partial charge in [0.2, 0.25) is 0 Å². The van der Waals surface area contributed by atoms with Gasteiger partial charge in [-0.3, -0.25) is 11.3 Å². The molecule has 0 fully saturated rings. The Bertz CT molecular complexity index is 234. The normalized spacial score (nSPS) is 13.4. The van der Waals surface area contributed by atoms with Crippen molar-refractivity contribution in [3.05, 3.63) is 16.6 Å². The number of rotatable bonds is 6. The number of hydrogen-bond donors (Lipinski definition) is 2. The number of thiazole rings is 1. The van der Waals surface area contributed by atoms with E-state index in [1.807, 2.05) is 5.51 Å². The summed E-state index contributed by atoms with van der Waals surface area (Å²) < 4.78 is 0. The average molecular weight is 213 g/mol. The molecule has 0 amide bonds. The molecule has 1 atom stereocenters. The molecule has 0 spiro atoms. The topological polar surface area (TPSA) is 50.9 Å². The summed E-state index contributed by atoms with van der Waals surface area (Å²) in [6, 6.07) is 0.222. The molecule has 14 heavy (non-hydrogen) atoms. The van der Waals surface area contributed by atoms with Crippen molar-refractivity contribution in [2.75, 3.05) is 0 Å². The van der Waals surface area contributed by atoms with Crippen molar-refractivity contribution < 1.29 is 0 Å². The summed E-state index contributed by atoms with van der Waals surface area (Å²) in [7, 11) is 0. The van der Waals surface area contributed by atoms with E-state index in [0.29, 0.717) is 0 Å². The molecule has 0 aliphatic rings. The number of nitrogens with zero attached hydrogens (tertiary/aromatic N) is 1. The maximum atomic E-state index is 5.50. The van der Waals surface area contributed by atoms with Crippen molar-refractivity contribution in [1.82, 2.24) is 10.4 Å². The van der Waals surface area contributed by atoms with E-state index in [1.54, 1.807) is 11.3 Å². The molecule has 1 unspecified atom stereocenters. The summed E-state index contributed by atoms with van der Waals surface area (Å²) in [6.45, 7) is 4.49. The largest absolute Gasteiger partial charge is 0.271 e. The zero-order valence-electron chi connectivity index (χ0n) is 8.86. The van der Waals surface area contributed by atoms with Crippen LogP contribution in [-0.4, -0.2) is 4.98 Å². The predicted octanol–water partition coefficient (Wildman–Crippen LogP) is 2.47. The Balaban J connectivity index is 2.33. The Morgan fingerprint density at radius 1 is 1.50 bits per heavy atom. The summed E-state index contributed by atoms with van der Waals surface area (Å²) in [5.74, 6) is 6.26. The van der Waals surface area contributed by atoms with Crippen molar-refractivity contribution in [1.29, 1.82) is 0 Å². The average Bonchev–Trinajstić information content (AvgIpc) is 2.64. The van der Waals surface area contributed by atoms with Crippen molar-refractivity contribution in [2.24, 2.45) is 11.8 Å². The first kappa shape index (κ1) is 11.6. The summed E-state index contributed by atoms with van der Waals surface area (Å²) in [4.78, 5) is 4.26. The lowest BCUT2D eigenvalue weighted by molar-refractivity contribution is 0.449. The Hall–Kier alpha value is -0.450. The molecular weight excluding hydrogens is 194 g/mol. The highest BCUT2D eigenvalue weighted by Gasteiger charge is 2.10. The molecule has 1 heterocycles. The van der Waals surface area contributed by atoms with Gasteiger partial charge in [-0.15, -0.1) is 11.3 Å². The number of hydrogen-bond acceptors (Lipinski definition) is 4. The molecule has 80 valence electrons. The highest BCUT2D eigenvalue weighted by molar-refractivity contribution is 7.07. The lowest BCUT2D eigenvalue weighted by Crippen LogP contribution is -2.28. The van der Waals surface area contributed by atoms with Crippen LogP contribution in [0.3, 0.4) is 0 Å². The fourth-order valence-electron chi connectivity index (χ4n) is 1.44. The van der Waals surface area contributed by atoms with E-state index in [9.17, 15) is 0 Å². The van der Waals surface area contributed by atoms with Gasteiger partial charge in [-0.1, -0.05) is 26.7 Å². The SMILES string of the molecule is CC(C)CCCC(NN)c1cscn1. The van der Waals surface area contributed by atoms with Crippen LogP contribution in [0.2, 0.25) is 0 Å². The van der Waals surface area contributed by atoms with Crippen LogP contribution in [0.4, 0.5) is 0 Å². The molecule has 0 radical (unpaired) electrons.